The molecule has 9 nitrogen and oxygen atoms in total. The number of aromatic nitrogens is 2. The number of hydrogen-bond acceptors (Lipinski definition) is 8. The molecular formula is C26H29N3O6S. The van der Waals surface area contributed by atoms with Crippen LogP contribution in [0, 0.1) is 5.92 Å². The molecule has 2 atom stereocenters. The van der Waals surface area contributed by atoms with Crippen molar-refractivity contribution in [3.05, 3.63) is 47.4 Å². The first kappa shape index (κ1) is 24.5. The van der Waals surface area contributed by atoms with Crippen molar-refractivity contribution in [1.29, 1.82) is 0 Å². The number of rotatable bonds is 9. The number of carbonyl (C=O) groups excluding carboxylic acids is 3. The predicted molar refractivity (Wildman–Crippen MR) is 130 cm³/mol. The summed E-state index contributed by atoms with van der Waals surface area (Å²) in [5.74, 6) is -0.851. The van der Waals surface area contributed by atoms with Gasteiger partial charge in [0.15, 0.2) is 21.3 Å². The molecule has 10 heteroatoms. The summed E-state index contributed by atoms with van der Waals surface area (Å²) in [5.41, 5.74) is 1.57. The number of Topliss-reactive ketones (excluding diaryl/α,β-unsaturated/α-hetero) is 1. The number of esters is 1. The summed E-state index contributed by atoms with van der Waals surface area (Å²) in [7, 11) is -2.11. The second-order valence-corrected chi connectivity index (χ2v) is 12.2. The minimum absolute atomic E-state index is 0.0260. The standard InChI is InChI=1S/C26H29N3O6S/c1-35-26(32)22-13-28-24(14-27-22)29-25(31)21(11-15-2-6-18(30)10-15)17-5-9-23(20(12-17)16-3-4-16)36(33,34)19-7-8-19/h5,9,12-16,19,21H,2-4,6-8,10-11H2,1H3,(H,28,29,31)/t15-,21+/m0/s1. The maximum absolute atomic E-state index is 13.5. The van der Waals surface area contributed by atoms with Crippen LogP contribution in [0.4, 0.5) is 5.82 Å². The van der Waals surface area contributed by atoms with Gasteiger partial charge in [0.2, 0.25) is 5.91 Å². The van der Waals surface area contributed by atoms with Crippen LogP contribution in [-0.4, -0.2) is 48.4 Å². The maximum Gasteiger partial charge on any atom is 0.358 e. The van der Waals surface area contributed by atoms with Gasteiger partial charge in [0, 0.05) is 12.8 Å². The third kappa shape index (κ3) is 5.18. The average molecular weight is 512 g/mol. The summed E-state index contributed by atoms with van der Waals surface area (Å²) in [6.45, 7) is 0. The third-order valence-electron chi connectivity index (χ3n) is 7.25. The Labute approximate surface area is 210 Å². The Morgan fingerprint density at radius 1 is 1.11 bits per heavy atom. The summed E-state index contributed by atoms with van der Waals surface area (Å²) in [4.78, 5) is 45.5. The van der Waals surface area contributed by atoms with Crippen molar-refractivity contribution in [2.45, 2.75) is 73.3 Å². The number of ketones is 1. The quantitative estimate of drug-likeness (QED) is 0.506. The lowest BCUT2D eigenvalue weighted by Crippen LogP contribution is -2.24. The molecule has 0 aliphatic heterocycles. The van der Waals surface area contributed by atoms with Gasteiger partial charge in [-0.25, -0.2) is 23.2 Å². The van der Waals surface area contributed by atoms with Crippen LogP contribution in [0.15, 0.2) is 35.5 Å². The van der Waals surface area contributed by atoms with E-state index in [0.717, 1.165) is 30.4 Å². The number of nitrogens with one attached hydrogen (secondary N) is 1. The van der Waals surface area contributed by atoms with E-state index in [1.54, 1.807) is 12.1 Å². The second-order valence-electron chi connectivity index (χ2n) is 10.0. The van der Waals surface area contributed by atoms with Crippen LogP contribution in [0.5, 0.6) is 0 Å². The minimum atomic E-state index is -3.36. The van der Waals surface area contributed by atoms with E-state index in [0.29, 0.717) is 37.0 Å². The second kappa shape index (κ2) is 9.72. The molecule has 3 fully saturated rings. The van der Waals surface area contributed by atoms with Crippen LogP contribution in [0.3, 0.4) is 0 Å². The lowest BCUT2D eigenvalue weighted by atomic mass is 9.86. The predicted octanol–water partition coefficient (Wildman–Crippen LogP) is 3.56. The molecular weight excluding hydrogens is 482 g/mol. The van der Waals surface area contributed by atoms with Gasteiger partial charge in [0.1, 0.15) is 5.78 Å². The molecule has 1 heterocycles. The number of nitrogens with zero attached hydrogens (tertiary/aromatic N) is 2. The molecule has 5 rings (SSSR count). The Hall–Kier alpha value is -3.14. The lowest BCUT2D eigenvalue weighted by molar-refractivity contribution is -0.119. The number of methoxy groups -OCH3 is 1. The van der Waals surface area contributed by atoms with E-state index in [-0.39, 0.29) is 40.3 Å². The molecule has 0 unspecified atom stereocenters. The van der Waals surface area contributed by atoms with Crippen molar-refractivity contribution in [2.75, 3.05) is 12.4 Å². The first-order valence-electron chi connectivity index (χ1n) is 12.4. The van der Waals surface area contributed by atoms with Gasteiger partial charge in [-0.2, -0.15) is 0 Å². The highest BCUT2D eigenvalue weighted by molar-refractivity contribution is 7.92. The van der Waals surface area contributed by atoms with E-state index in [1.165, 1.54) is 19.5 Å². The molecule has 2 aromatic rings. The van der Waals surface area contributed by atoms with Gasteiger partial charge in [0.05, 0.1) is 35.6 Å². The Kier molecular flexibility index (Phi) is 6.63. The van der Waals surface area contributed by atoms with E-state index in [2.05, 4.69) is 20.0 Å². The lowest BCUT2D eigenvalue weighted by Gasteiger charge is -2.22. The van der Waals surface area contributed by atoms with Crippen LogP contribution in [0.1, 0.15) is 84.8 Å². The SMILES string of the molecule is COC(=O)c1cnc(NC(=O)[C@H](C[C@H]2CCC(=O)C2)c2ccc(S(=O)(=O)C3CC3)c(C3CC3)c2)cn1. The first-order valence-corrected chi connectivity index (χ1v) is 13.9. The fourth-order valence-electron chi connectivity index (χ4n) is 4.95. The van der Waals surface area contributed by atoms with Crippen molar-refractivity contribution < 1.29 is 27.5 Å². The number of sulfone groups is 1. The number of anilines is 1. The van der Waals surface area contributed by atoms with Crippen LogP contribution >= 0.6 is 0 Å². The van der Waals surface area contributed by atoms with E-state index < -0.39 is 21.7 Å². The van der Waals surface area contributed by atoms with Gasteiger partial charge in [-0.05, 0) is 67.6 Å². The highest BCUT2D eigenvalue weighted by Gasteiger charge is 2.41. The molecule has 36 heavy (non-hydrogen) atoms. The molecule has 0 radical (unpaired) electrons. The third-order valence-corrected chi connectivity index (χ3v) is 9.59. The monoisotopic (exact) mass is 511 g/mol. The van der Waals surface area contributed by atoms with Gasteiger partial charge in [-0.15, -0.1) is 0 Å². The van der Waals surface area contributed by atoms with Crippen molar-refractivity contribution in [1.82, 2.24) is 9.97 Å². The number of ether oxygens (including phenoxy) is 1. The molecule has 3 aliphatic rings. The van der Waals surface area contributed by atoms with E-state index in [9.17, 15) is 22.8 Å². The maximum atomic E-state index is 13.5. The average Bonchev–Trinajstić information content (AvgIpc) is 3.79. The Morgan fingerprint density at radius 2 is 1.89 bits per heavy atom. The molecule has 3 aliphatic carbocycles. The van der Waals surface area contributed by atoms with Gasteiger partial charge in [-0.3, -0.25) is 9.59 Å². The zero-order valence-electron chi connectivity index (χ0n) is 20.1. The van der Waals surface area contributed by atoms with Crippen LogP contribution in [-0.2, 0) is 24.2 Å². The topological polar surface area (TPSA) is 132 Å². The summed E-state index contributed by atoms with van der Waals surface area (Å²) >= 11 is 0. The van der Waals surface area contributed by atoms with Crippen molar-refractivity contribution in [2.24, 2.45) is 5.92 Å². The fraction of sp³-hybridized carbons (Fsp3) is 0.500. The molecule has 1 N–H and O–H groups in total. The van der Waals surface area contributed by atoms with Gasteiger partial charge >= 0.3 is 5.97 Å². The molecule has 0 spiro atoms. The van der Waals surface area contributed by atoms with Gasteiger partial charge < -0.3 is 10.1 Å². The Morgan fingerprint density at radius 3 is 2.47 bits per heavy atom. The molecule has 1 amide bonds. The largest absolute Gasteiger partial charge is 0.464 e. The zero-order chi connectivity index (χ0) is 25.4. The Bertz CT molecular complexity index is 1300. The highest BCUT2D eigenvalue weighted by atomic mass is 32.2. The van der Waals surface area contributed by atoms with Gasteiger partial charge in [-0.1, -0.05) is 12.1 Å². The smallest absolute Gasteiger partial charge is 0.358 e. The molecule has 190 valence electrons. The summed E-state index contributed by atoms with van der Waals surface area (Å²) in [6, 6.07) is 5.30. The van der Waals surface area contributed by atoms with Crippen molar-refractivity contribution in [3.8, 4) is 0 Å². The summed E-state index contributed by atoms with van der Waals surface area (Å²) in [5, 5.41) is 2.48. The zero-order valence-corrected chi connectivity index (χ0v) is 20.9. The fourth-order valence-corrected chi connectivity index (χ4v) is 6.88. The normalized spacial score (nSPS) is 20.7. The minimum Gasteiger partial charge on any atom is -0.464 e. The van der Waals surface area contributed by atoms with Crippen LogP contribution < -0.4 is 5.32 Å². The van der Waals surface area contributed by atoms with Crippen molar-refractivity contribution >= 4 is 33.3 Å². The van der Waals surface area contributed by atoms with E-state index >= 15 is 0 Å². The molecule has 1 aromatic carbocycles. The number of carbonyl (C=O) groups is 3. The molecule has 0 bridgehead atoms. The Balaban J connectivity index is 1.44. The van der Waals surface area contributed by atoms with Crippen molar-refractivity contribution in [3.63, 3.8) is 0 Å². The number of amides is 1. The van der Waals surface area contributed by atoms with Crippen LogP contribution in [0.25, 0.3) is 0 Å². The molecule has 0 saturated heterocycles. The summed E-state index contributed by atoms with van der Waals surface area (Å²) in [6.07, 6.45) is 7.97. The highest BCUT2D eigenvalue weighted by Crippen LogP contribution is 2.47. The number of benzene rings is 1. The van der Waals surface area contributed by atoms with E-state index in [1.807, 2.05) is 6.07 Å². The summed E-state index contributed by atoms with van der Waals surface area (Å²) < 4.78 is 30.7. The van der Waals surface area contributed by atoms with Crippen LogP contribution in [0.2, 0.25) is 0 Å². The first-order chi connectivity index (χ1) is 17.3. The van der Waals surface area contributed by atoms with Gasteiger partial charge in [0.25, 0.3) is 0 Å². The van der Waals surface area contributed by atoms with E-state index in [4.69, 9.17) is 0 Å². The molecule has 1 aromatic heterocycles. The number of hydrogen-bond donors (Lipinski definition) is 1. The molecule has 3 saturated carbocycles.